The summed E-state index contributed by atoms with van der Waals surface area (Å²) >= 11 is 0. The maximum absolute atomic E-state index is 2.42. The Hall–Kier alpha value is -8.14. The summed E-state index contributed by atoms with van der Waals surface area (Å²) in [7, 11) is 0. The molecule has 286 valence electrons. The minimum Gasteiger partial charge on any atom is -0.310 e. The van der Waals surface area contributed by atoms with E-state index in [9.17, 15) is 0 Å². The average Bonchev–Trinajstić information content (AvgIpc) is 3.85. The van der Waals surface area contributed by atoms with Crippen LogP contribution in [0.3, 0.4) is 0 Å². The fourth-order valence-corrected chi connectivity index (χ4v) is 9.51. The maximum Gasteiger partial charge on any atom is 0.0547 e. The van der Waals surface area contributed by atoms with E-state index in [1.54, 1.807) is 0 Å². The van der Waals surface area contributed by atoms with Crippen molar-refractivity contribution in [3.05, 3.63) is 237 Å². The highest BCUT2D eigenvalue weighted by Crippen LogP contribution is 2.43. The van der Waals surface area contributed by atoms with Crippen molar-refractivity contribution in [2.45, 2.75) is 0 Å². The van der Waals surface area contributed by atoms with Crippen LogP contribution in [-0.4, -0.2) is 9.13 Å². The van der Waals surface area contributed by atoms with Gasteiger partial charge in [-0.3, -0.25) is 0 Å². The number of anilines is 3. The van der Waals surface area contributed by atoms with Gasteiger partial charge in [0.2, 0.25) is 0 Å². The smallest absolute Gasteiger partial charge is 0.0547 e. The first-order valence-corrected chi connectivity index (χ1v) is 20.9. The Morgan fingerprint density at radius 1 is 0.262 bits per heavy atom. The van der Waals surface area contributed by atoms with Crippen LogP contribution in [0.15, 0.2) is 237 Å². The second-order valence-electron chi connectivity index (χ2n) is 15.7. The SMILES string of the molecule is c1ccc(N(c2ccc(-c3ccc(-c4ccc5c6ccccc6n(-c6ccccc6)c5c4)cc3)cc2)c2ccc(-n3c4ccccc4c4ccccc43)c3ccccc23)cc1. The third-order valence-corrected chi connectivity index (χ3v) is 12.3. The molecule has 0 aliphatic carbocycles. The molecule has 0 fully saturated rings. The zero-order valence-electron chi connectivity index (χ0n) is 33.4. The van der Waals surface area contributed by atoms with E-state index in [0.717, 1.165) is 17.1 Å². The van der Waals surface area contributed by atoms with Crippen molar-refractivity contribution in [2.24, 2.45) is 0 Å². The molecule has 12 aromatic rings. The Kier molecular flexibility index (Phi) is 8.17. The number of fused-ring (bicyclic) bond motifs is 7. The van der Waals surface area contributed by atoms with Crippen LogP contribution in [0.4, 0.5) is 17.1 Å². The summed E-state index contributed by atoms with van der Waals surface area (Å²) in [6.45, 7) is 0. The Labute approximate surface area is 354 Å². The Morgan fingerprint density at radius 2 is 0.689 bits per heavy atom. The zero-order valence-corrected chi connectivity index (χ0v) is 33.4. The van der Waals surface area contributed by atoms with Gasteiger partial charge >= 0.3 is 0 Å². The summed E-state index contributed by atoms with van der Waals surface area (Å²) < 4.78 is 4.80. The molecule has 0 unspecified atom stereocenters. The summed E-state index contributed by atoms with van der Waals surface area (Å²) in [5, 5.41) is 7.43. The van der Waals surface area contributed by atoms with Gasteiger partial charge in [0.15, 0.2) is 0 Å². The lowest BCUT2D eigenvalue weighted by Crippen LogP contribution is -2.11. The summed E-state index contributed by atoms with van der Waals surface area (Å²) in [5.74, 6) is 0. The van der Waals surface area contributed by atoms with Crippen molar-refractivity contribution in [3.8, 4) is 33.6 Å². The normalized spacial score (nSPS) is 11.6. The molecular weight excluding hydrogens is 739 g/mol. The lowest BCUT2D eigenvalue weighted by atomic mass is 9.99. The van der Waals surface area contributed by atoms with Crippen LogP contribution in [0.25, 0.3) is 88.0 Å². The van der Waals surface area contributed by atoms with E-state index in [-0.39, 0.29) is 0 Å². The molecule has 2 aromatic heterocycles. The van der Waals surface area contributed by atoms with Crippen LogP contribution < -0.4 is 4.90 Å². The zero-order chi connectivity index (χ0) is 40.3. The van der Waals surface area contributed by atoms with E-state index in [1.165, 1.54) is 88.0 Å². The molecule has 10 aromatic carbocycles. The molecule has 0 atom stereocenters. The predicted molar refractivity (Wildman–Crippen MR) is 258 cm³/mol. The van der Waals surface area contributed by atoms with Gasteiger partial charge in [0.05, 0.1) is 33.4 Å². The van der Waals surface area contributed by atoms with E-state index in [0.29, 0.717) is 0 Å². The first-order valence-electron chi connectivity index (χ1n) is 20.9. The predicted octanol–water partition coefficient (Wildman–Crippen LogP) is 15.8. The molecular formula is C58H39N3. The van der Waals surface area contributed by atoms with Crippen molar-refractivity contribution < 1.29 is 0 Å². The lowest BCUT2D eigenvalue weighted by Gasteiger charge is -2.28. The molecule has 0 saturated heterocycles. The van der Waals surface area contributed by atoms with Gasteiger partial charge in [-0.2, -0.15) is 0 Å². The van der Waals surface area contributed by atoms with Crippen molar-refractivity contribution in [3.63, 3.8) is 0 Å². The van der Waals surface area contributed by atoms with Gasteiger partial charge < -0.3 is 14.0 Å². The molecule has 0 N–H and O–H groups in total. The largest absolute Gasteiger partial charge is 0.310 e. The summed E-state index contributed by atoms with van der Waals surface area (Å²) in [6.07, 6.45) is 0. The first-order chi connectivity index (χ1) is 30.3. The Bertz CT molecular complexity index is 3510. The Balaban J connectivity index is 0.914. The third-order valence-electron chi connectivity index (χ3n) is 12.3. The highest BCUT2D eigenvalue weighted by molar-refractivity contribution is 6.12. The highest BCUT2D eigenvalue weighted by Gasteiger charge is 2.20. The van der Waals surface area contributed by atoms with Crippen LogP contribution in [0.1, 0.15) is 0 Å². The van der Waals surface area contributed by atoms with Crippen molar-refractivity contribution in [1.29, 1.82) is 0 Å². The summed E-state index contributed by atoms with van der Waals surface area (Å²) in [4.78, 5) is 2.38. The van der Waals surface area contributed by atoms with Gasteiger partial charge in [0, 0.05) is 49.4 Å². The van der Waals surface area contributed by atoms with E-state index in [2.05, 4.69) is 251 Å². The van der Waals surface area contributed by atoms with Crippen molar-refractivity contribution in [2.75, 3.05) is 4.90 Å². The molecule has 0 amide bonds. The van der Waals surface area contributed by atoms with Crippen LogP contribution in [0.2, 0.25) is 0 Å². The lowest BCUT2D eigenvalue weighted by molar-refractivity contribution is 1.18. The third kappa shape index (κ3) is 5.74. The minimum atomic E-state index is 1.10. The fraction of sp³-hybridized carbons (Fsp3) is 0. The van der Waals surface area contributed by atoms with Gasteiger partial charge in [-0.25, -0.2) is 0 Å². The van der Waals surface area contributed by atoms with Crippen molar-refractivity contribution >= 4 is 71.4 Å². The molecule has 0 aliphatic rings. The van der Waals surface area contributed by atoms with E-state index in [4.69, 9.17) is 0 Å². The van der Waals surface area contributed by atoms with Gasteiger partial charge in [0.25, 0.3) is 0 Å². The van der Waals surface area contributed by atoms with Crippen LogP contribution in [0, 0.1) is 0 Å². The van der Waals surface area contributed by atoms with Crippen LogP contribution >= 0.6 is 0 Å². The van der Waals surface area contributed by atoms with E-state index in [1.807, 2.05) is 0 Å². The molecule has 2 heterocycles. The first kappa shape index (κ1) is 34.9. The number of hydrogen-bond acceptors (Lipinski definition) is 1. The standard InChI is InChI=1S/C58H39N3/c1-3-15-44(16-4-1)59(56-37-38-57(50-20-8-7-19-49(50)56)61-54-25-13-10-21-47(54)48-22-11-14-26-55(48)61)46-34-31-41(32-35-46)40-27-29-42(30-28-40)43-33-36-52-51-23-9-12-24-53(51)60(58(52)39-43)45-17-5-2-6-18-45/h1-39H. The van der Waals surface area contributed by atoms with E-state index < -0.39 is 0 Å². The Morgan fingerprint density at radius 3 is 1.30 bits per heavy atom. The molecule has 12 rings (SSSR count). The molecule has 61 heavy (non-hydrogen) atoms. The van der Waals surface area contributed by atoms with Crippen molar-refractivity contribution in [1.82, 2.24) is 9.13 Å². The molecule has 0 aliphatic heterocycles. The molecule has 0 radical (unpaired) electrons. The second-order valence-corrected chi connectivity index (χ2v) is 15.7. The average molecular weight is 778 g/mol. The molecule has 0 saturated carbocycles. The van der Waals surface area contributed by atoms with Gasteiger partial charge in [-0.1, -0.05) is 164 Å². The number of benzene rings is 10. The second kappa shape index (κ2) is 14.3. The topological polar surface area (TPSA) is 13.1 Å². The van der Waals surface area contributed by atoms with Gasteiger partial charge in [-0.15, -0.1) is 0 Å². The summed E-state index contributed by atoms with van der Waals surface area (Å²) in [6, 6.07) is 85.8. The summed E-state index contributed by atoms with van der Waals surface area (Å²) in [5.41, 5.74) is 15.3. The molecule has 0 spiro atoms. The quantitative estimate of drug-likeness (QED) is 0.157. The number of hydrogen-bond donors (Lipinski definition) is 0. The van der Waals surface area contributed by atoms with Crippen LogP contribution in [0.5, 0.6) is 0 Å². The highest BCUT2D eigenvalue weighted by atomic mass is 15.1. The molecule has 3 heteroatoms. The van der Waals surface area contributed by atoms with E-state index >= 15 is 0 Å². The number of aromatic nitrogens is 2. The molecule has 0 bridgehead atoms. The van der Waals surface area contributed by atoms with Gasteiger partial charge in [0.1, 0.15) is 0 Å². The fourth-order valence-electron chi connectivity index (χ4n) is 9.51. The number of rotatable bonds is 7. The van der Waals surface area contributed by atoms with Gasteiger partial charge in [-0.05, 0) is 95.1 Å². The molecule has 3 nitrogen and oxygen atoms in total. The number of para-hydroxylation sites is 5. The van der Waals surface area contributed by atoms with Crippen LogP contribution in [-0.2, 0) is 0 Å². The maximum atomic E-state index is 2.42. The number of nitrogens with zero attached hydrogens (tertiary/aromatic N) is 3. The monoisotopic (exact) mass is 777 g/mol. The minimum absolute atomic E-state index is 1.10.